The van der Waals surface area contributed by atoms with Crippen molar-refractivity contribution in [1.82, 2.24) is 24.3 Å². The molecule has 1 amide bonds. The summed E-state index contributed by atoms with van der Waals surface area (Å²) in [7, 11) is 0. The van der Waals surface area contributed by atoms with Crippen molar-refractivity contribution in [3.8, 4) is 0 Å². The highest BCUT2D eigenvalue weighted by atomic mass is 19.4. The number of aliphatic hydroxyl groups is 1. The van der Waals surface area contributed by atoms with E-state index < -0.39 is 35.1 Å². The zero-order chi connectivity index (χ0) is 29.6. The molecule has 10 nitrogen and oxygen atoms in total. The molecule has 0 saturated carbocycles. The number of alkyl halides is 3. The van der Waals surface area contributed by atoms with Crippen LogP contribution < -0.4 is 15.4 Å². The standard InChI is InChI=1S/C27H33F4N7O3/c1-4-34(5-2)17-14-37(15-17)26-32-22-18(24(33-26)36-11-9-35(10-12-36)16(3)39)13-21(27(29,30)31)38(25(22)41)23-19(28)7-6-8-20(23)40/h6-7,13,17,20,40H,4-5,8-12,14-15H2,1-3H3/t20-/m1/s1. The summed E-state index contributed by atoms with van der Waals surface area (Å²) in [5.41, 5.74) is -3.70. The number of carbonyl (C=O) groups excluding carboxylic acids is 1. The van der Waals surface area contributed by atoms with Gasteiger partial charge in [-0.1, -0.05) is 19.9 Å². The molecule has 2 aromatic heterocycles. The van der Waals surface area contributed by atoms with Gasteiger partial charge in [0.25, 0.3) is 5.56 Å². The first-order valence-electron chi connectivity index (χ1n) is 13.7. The Hall–Kier alpha value is -3.52. The van der Waals surface area contributed by atoms with Gasteiger partial charge >= 0.3 is 6.18 Å². The summed E-state index contributed by atoms with van der Waals surface area (Å²) < 4.78 is 58.3. The largest absolute Gasteiger partial charge is 0.431 e. The van der Waals surface area contributed by atoms with Gasteiger partial charge in [-0.2, -0.15) is 18.2 Å². The molecule has 0 spiro atoms. The Bertz CT molecular complexity index is 1450. The van der Waals surface area contributed by atoms with Gasteiger partial charge in [0.2, 0.25) is 11.9 Å². The van der Waals surface area contributed by atoms with Gasteiger partial charge in [0.1, 0.15) is 29.0 Å². The number of aliphatic hydroxyl groups excluding tert-OH is 1. The maximum Gasteiger partial charge on any atom is 0.431 e. The van der Waals surface area contributed by atoms with Crippen molar-refractivity contribution >= 4 is 34.3 Å². The van der Waals surface area contributed by atoms with E-state index >= 15 is 0 Å². The van der Waals surface area contributed by atoms with Gasteiger partial charge in [-0.15, -0.1) is 0 Å². The Balaban J connectivity index is 1.70. The van der Waals surface area contributed by atoms with Crippen LogP contribution in [0.15, 0.2) is 28.8 Å². The summed E-state index contributed by atoms with van der Waals surface area (Å²) in [6.07, 6.45) is -4.62. The molecular weight excluding hydrogens is 546 g/mol. The van der Waals surface area contributed by atoms with Gasteiger partial charge in [-0.25, -0.2) is 9.37 Å². The zero-order valence-corrected chi connectivity index (χ0v) is 23.2. The molecular formula is C27H33F4N7O3. The van der Waals surface area contributed by atoms with Crippen LogP contribution >= 0.6 is 0 Å². The molecule has 0 bridgehead atoms. The van der Waals surface area contributed by atoms with Crippen molar-refractivity contribution in [2.75, 3.05) is 62.2 Å². The second-order valence-electron chi connectivity index (χ2n) is 10.4. The van der Waals surface area contributed by atoms with E-state index in [0.717, 1.165) is 25.2 Å². The first kappa shape index (κ1) is 29.0. The Morgan fingerprint density at radius 1 is 1.10 bits per heavy atom. The average Bonchev–Trinajstić information content (AvgIpc) is 2.90. The molecule has 2 aromatic rings. The van der Waals surface area contributed by atoms with E-state index in [-0.39, 0.29) is 45.6 Å². The molecule has 2 saturated heterocycles. The Kier molecular flexibility index (Phi) is 7.81. The number of aromatic nitrogens is 3. The maximum absolute atomic E-state index is 14.9. The van der Waals surface area contributed by atoms with Crippen LogP contribution in [0.25, 0.3) is 16.6 Å². The number of allylic oxidation sites excluding steroid dienone is 2. The SMILES string of the molecule is CCN(CC)C1CN(c2nc(N3CCN(C(C)=O)CC3)c3cc(C(F)(F)F)n(C4=C(F)C=CC[C@H]4O)c(=O)c3n2)C1. The highest BCUT2D eigenvalue weighted by Gasteiger charge is 2.40. The van der Waals surface area contributed by atoms with Gasteiger partial charge in [-0.05, 0) is 31.7 Å². The lowest BCUT2D eigenvalue weighted by Crippen LogP contribution is -2.60. The lowest BCUT2D eigenvalue weighted by atomic mass is 10.1. The number of fused-ring (bicyclic) bond motifs is 1. The molecule has 1 aliphatic carbocycles. The Morgan fingerprint density at radius 2 is 1.76 bits per heavy atom. The predicted molar refractivity (Wildman–Crippen MR) is 146 cm³/mol. The fraction of sp³-hybridized carbons (Fsp3) is 0.556. The van der Waals surface area contributed by atoms with Crippen LogP contribution in [0.4, 0.5) is 29.3 Å². The third-order valence-corrected chi connectivity index (χ3v) is 8.05. The predicted octanol–water partition coefficient (Wildman–Crippen LogP) is 2.47. The van der Waals surface area contributed by atoms with Crippen molar-refractivity contribution in [3.05, 3.63) is 40.1 Å². The van der Waals surface area contributed by atoms with Gasteiger partial charge in [0, 0.05) is 52.2 Å². The van der Waals surface area contributed by atoms with Crippen molar-refractivity contribution < 1.29 is 27.5 Å². The van der Waals surface area contributed by atoms with Gasteiger partial charge in [-0.3, -0.25) is 19.1 Å². The Morgan fingerprint density at radius 3 is 2.32 bits per heavy atom. The quantitative estimate of drug-likeness (QED) is 0.522. The number of pyridine rings is 1. The van der Waals surface area contributed by atoms with Crippen LogP contribution in [-0.4, -0.2) is 99.9 Å². The first-order chi connectivity index (χ1) is 19.4. The van der Waals surface area contributed by atoms with Crippen LogP contribution in [0, 0.1) is 0 Å². The molecule has 0 unspecified atom stereocenters. The minimum absolute atomic E-state index is 0.112. The van der Waals surface area contributed by atoms with Crippen molar-refractivity contribution in [1.29, 1.82) is 0 Å². The molecule has 14 heteroatoms. The highest BCUT2D eigenvalue weighted by Crippen LogP contribution is 2.37. The maximum atomic E-state index is 14.9. The molecule has 222 valence electrons. The summed E-state index contributed by atoms with van der Waals surface area (Å²) in [6.45, 7) is 9.66. The van der Waals surface area contributed by atoms with Crippen LogP contribution in [0.2, 0.25) is 0 Å². The molecule has 3 aliphatic rings. The molecule has 0 radical (unpaired) electrons. The fourth-order valence-electron chi connectivity index (χ4n) is 5.72. The summed E-state index contributed by atoms with van der Waals surface area (Å²) >= 11 is 0. The summed E-state index contributed by atoms with van der Waals surface area (Å²) in [6, 6.07) is 0.993. The van der Waals surface area contributed by atoms with Gasteiger partial charge < -0.3 is 19.8 Å². The lowest BCUT2D eigenvalue weighted by Gasteiger charge is -2.45. The number of anilines is 2. The number of piperazine rings is 1. The number of amides is 1. The number of carbonyl (C=O) groups is 1. The van der Waals surface area contributed by atoms with E-state index in [1.165, 1.54) is 13.0 Å². The molecule has 2 aliphatic heterocycles. The topological polar surface area (TPSA) is 98.0 Å². The molecule has 1 N–H and O–H groups in total. The first-order valence-corrected chi connectivity index (χ1v) is 13.7. The fourth-order valence-corrected chi connectivity index (χ4v) is 5.72. The van der Waals surface area contributed by atoms with E-state index in [9.17, 15) is 32.3 Å². The minimum Gasteiger partial charge on any atom is -0.386 e. The van der Waals surface area contributed by atoms with Gasteiger partial charge in [0.05, 0.1) is 11.1 Å². The summed E-state index contributed by atoms with van der Waals surface area (Å²) in [5.74, 6) is -0.909. The van der Waals surface area contributed by atoms with E-state index in [1.807, 2.05) is 4.90 Å². The van der Waals surface area contributed by atoms with Crippen molar-refractivity contribution in [2.24, 2.45) is 0 Å². The molecule has 5 rings (SSSR count). The van der Waals surface area contributed by atoms with E-state index in [4.69, 9.17) is 0 Å². The average molecular weight is 580 g/mol. The van der Waals surface area contributed by atoms with Crippen molar-refractivity contribution in [2.45, 2.75) is 45.5 Å². The highest BCUT2D eigenvalue weighted by molar-refractivity contribution is 5.91. The van der Waals surface area contributed by atoms with E-state index in [1.54, 1.807) is 9.80 Å². The molecule has 0 aromatic carbocycles. The van der Waals surface area contributed by atoms with Crippen LogP contribution in [-0.2, 0) is 11.0 Å². The molecule has 1 atom stereocenters. The molecule has 41 heavy (non-hydrogen) atoms. The third kappa shape index (κ3) is 5.30. The monoisotopic (exact) mass is 579 g/mol. The van der Waals surface area contributed by atoms with Crippen molar-refractivity contribution in [3.63, 3.8) is 0 Å². The van der Waals surface area contributed by atoms with Crippen LogP contribution in [0.1, 0.15) is 32.9 Å². The number of hydrogen-bond acceptors (Lipinski definition) is 8. The lowest BCUT2D eigenvalue weighted by molar-refractivity contribution is -0.142. The number of hydrogen-bond donors (Lipinski definition) is 1. The third-order valence-electron chi connectivity index (χ3n) is 8.05. The normalized spacial score (nSPS) is 20.4. The van der Waals surface area contributed by atoms with Crippen LogP contribution in [0.3, 0.4) is 0 Å². The van der Waals surface area contributed by atoms with Gasteiger partial charge in [0.15, 0.2) is 0 Å². The number of nitrogens with zero attached hydrogens (tertiary/aromatic N) is 7. The Labute approximate surface area is 234 Å². The smallest absolute Gasteiger partial charge is 0.386 e. The second kappa shape index (κ2) is 11.0. The molecule has 2 fully saturated rings. The van der Waals surface area contributed by atoms with E-state index in [0.29, 0.717) is 39.3 Å². The van der Waals surface area contributed by atoms with Crippen LogP contribution in [0.5, 0.6) is 0 Å². The second-order valence-corrected chi connectivity index (χ2v) is 10.4. The number of halogens is 4. The number of rotatable bonds is 6. The molecule has 4 heterocycles. The number of likely N-dealkylation sites (N-methyl/N-ethyl adjacent to an activating group) is 1. The van der Waals surface area contributed by atoms with E-state index in [2.05, 4.69) is 28.7 Å². The summed E-state index contributed by atoms with van der Waals surface area (Å²) in [5, 5.41) is 10.3. The summed E-state index contributed by atoms with van der Waals surface area (Å²) in [4.78, 5) is 42.3. The minimum atomic E-state index is -5.06. The zero-order valence-electron chi connectivity index (χ0n) is 23.2.